The second kappa shape index (κ2) is 26.4. The molecule has 6 N–H and O–H groups in total. The summed E-state index contributed by atoms with van der Waals surface area (Å²) in [5.41, 5.74) is 7.05. The Kier molecular flexibility index (Phi) is 19.7. The number of nitrogens with two attached hydrogens (primary N) is 1. The van der Waals surface area contributed by atoms with Gasteiger partial charge in [0, 0.05) is 91.2 Å². The van der Waals surface area contributed by atoms with E-state index in [0.29, 0.717) is 71.4 Å². The monoisotopic (exact) mass is 1150 g/mol. The van der Waals surface area contributed by atoms with E-state index in [1.165, 1.54) is 12.3 Å². The summed E-state index contributed by atoms with van der Waals surface area (Å²) in [4.78, 5) is 44.7. The van der Waals surface area contributed by atoms with Crippen LogP contribution in [0.3, 0.4) is 0 Å². The predicted octanol–water partition coefficient (Wildman–Crippen LogP) is 11.3. The first kappa shape index (κ1) is 59.1. The van der Waals surface area contributed by atoms with Gasteiger partial charge in [-0.1, -0.05) is 23.2 Å². The molecule has 0 aliphatic carbocycles. The molecule has 7 aromatic rings. The lowest BCUT2D eigenvalue weighted by Crippen LogP contribution is -2.54. The first-order valence-electron chi connectivity index (χ1n) is 23.6. The number of benzene rings is 4. The molecule has 9 rings (SSSR count). The van der Waals surface area contributed by atoms with Crippen molar-refractivity contribution in [2.45, 2.75) is 24.6 Å². The number of halogens is 8. The van der Waals surface area contributed by atoms with Crippen LogP contribution >= 0.6 is 35.4 Å². The van der Waals surface area contributed by atoms with Gasteiger partial charge in [0.05, 0.1) is 85.4 Å². The highest BCUT2D eigenvalue weighted by Gasteiger charge is 2.33. The number of rotatable bonds is 16. The van der Waals surface area contributed by atoms with Gasteiger partial charge in [0.25, 0.3) is 0 Å². The van der Waals surface area contributed by atoms with Crippen molar-refractivity contribution >= 4 is 104 Å². The summed E-state index contributed by atoms with van der Waals surface area (Å²) in [6, 6.07) is 23.1. The van der Waals surface area contributed by atoms with E-state index >= 15 is 0 Å². The lowest BCUT2D eigenvalue weighted by atomic mass is 10.2. The number of alkyl halides is 6. The Morgan fingerprint density at radius 1 is 0.709 bits per heavy atom. The van der Waals surface area contributed by atoms with Gasteiger partial charge in [0.15, 0.2) is 0 Å². The summed E-state index contributed by atoms with van der Waals surface area (Å²) in [6.45, 7) is 3.51. The molecule has 2 aliphatic heterocycles. The molecular weight excluding hydrogens is 1110 g/mol. The normalized spacial score (nSPS) is 13.8. The highest BCUT2D eigenvalue weighted by Crippen LogP contribution is 2.37. The number of imidazole rings is 1. The number of amides is 2. The molecule has 0 spiro atoms. The number of ether oxygens (including phenoxy) is 4. The van der Waals surface area contributed by atoms with E-state index in [1.54, 1.807) is 87.6 Å². The van der Waals surface area contributed by atoms with Crippen molar-refractivity contribution in [1.29, 1.82) is 0 Å². The third-order valence-electron chi connectivity index (χ3n) is 11.8. The molecule has 2 aliphatic rings. The molecule has 4 aromatic carbocycles. The van der Waals surface area contributed by atoms with E-state index in [-0.39, 0.29) is 52.0 Å². The lowest BCUT2D eigenvalue weighted by Gasteiger charge is -2.37. The SMILES string of the molecule is CNc1ccc(Oc2ccnc(NC(=O)CN3CC(OC)C3)c2)cc1N.COC1CN(CC(=O)Nc2cc(Oc3ccc4c(c3)nc(Nc3cc(C(F)(F)F)ccc3Cl)n4C)ccn2)C1.FC(F)(F)c1ccc(Cl)c(N=C=S)c1. The van der Waals surface area contributed by atoms with E-state index in [9.17, 15) is 35.9 Å². The molecule has 0 bridgehead atoms. The van der Waals surface area contributed by atoms with Gasteiger partial charge in [-0.15, -0.1) is 0 Å². The van der Waals surface area contributed by atoms with Gasteiger partial charge in [-0.3, -0.25) is 19.4 Å². The third-order valence-corrected chi connectivity index (χ3v) is 12.6. The Bertz CT molecular complexity index is 3340. The van der Waals surface area contributed by atoms with Crippen molar-refractivity contribution in [1.82, 2.24) is 29.3 Å². The van der Waals surface area contributed by atoms with Crippen LogP contribution in [0.25, 0.3) is 11.0 Å². The maximum Gasteiger partial charge on any atom is 0.416 e. The average Bonchev–Trinajstić information content (AvgIpc) is 3.81. The van der Waals surface area contributed by atoms with Crippen LogP contribution in [0, 0.1) is 0 Å². The summed E-state index contributed by atoms with van der Waals surface area (Å²) in [5.74, 6) is 2.88. The maximum absolute atomic E-state index is 13.2. The van der Waals surface area contributed by atoms with Gasteiger partial charge in [0.1, 0.15) is 34.6 Å². The Balaban J connectivity index is 0.000000193. The van der Waals surface area contributed by atoms with Gasteiger partial charge >= 0.3 is 12.4 Å². The second-order valence-corrected chi connectivity index (χ2v) is 18.5. The molecule has 0 unspecified atom stereocenters. The first-order valence-corrected chi connectivity index (χ1v) is 24.8. The number of anilines is 6. The van der Waals surface area contributed by atoms with Crippen LogP contribution < -0.4 is 36.5 Å². The number of aryl methyl sites for hydroxylation is 1. The van der Waals surface area contributed by atoms with Crippen molar-refractivity contribution in [3.63, 3.8) is 0 Å². The number of aliphatic imine (C=N–C) groups is 1. The number of likely N-dealkylation sites (tertiary alicyclic amines) is 2. The zero-order chi connectivity index (χ0) is 57.0. The Morgan fingerprint density at radius 2 is 1.22 bits per heavy atom. The molecule has 18 nitrogen and oxygen atoms in total. The predicted molar refractivity (Wildman–Crippen MR) is 292 cm³/mol. The van der Waals surface area contributed by atoms with Crippen molar-refractivity contribution in [2.75, 3.05) is 87.5 Å². The zero-order valence-corrected chi connectivity index (χ0v) is 44.7. The number of fused-ring (bicyclic) bond motifs is 1. The molecule has 2 amide bonds. The van der Waals surface area contributed by atoms with Crippen molar-refractivity contribution in [3.05, 3.63) is 131 Å². The molecule has 2 fully saturated rings. The van der Waals surface area contributed by atoms with E-state index in [0.717, 1.165) is 54.6 Å². The number of carbonyl (C=O) groups excluding carboxylic acids is 2. The number of isothiocyanates is 1. The molecule has 0 radical (unpaired) electrons. The Hall–Kier alpha value is -7.61. The number of hydrogen-bond donors (Lipinski definition) is 5. The molecule has 416 valence electrons. The topological polar surface area (TPSA) is 208 Å². The van der Waals surface area contributed by atoms with Gasteiger partial charge in [-0.2, -0.15) is 31.3 Å². The molecule has 3 aromatic heterocycles. The smallest absolute Gasteiger partial charge is 0.416 e. The minimum atomic E-state index is -4.50. The quantitative estimate of drug-likeness (QED) is 0.0264. The molecular formula is C52H50Cl2F6N12O6S. The number of nitrogen functional groups attached to an aromatic ring is 1. The molecule has 0 atom stereocenters. The summed E-state index contributed by atoms with van der Waals surface area (Å²) < 4.78 is 99.9. The zero-order valence-electron chi connectivity index (χ0n) is 42.4. The van der Waals surface area contributed by atoms with Gasteiger partial charge in [0.2, 0.25) is 17.8 Å². The highest BCUT2D eigenvalue weighted by atomic mass is 35.5. The third kappa shape index (κ3) is 16.5. The number of aromatic nitrogens is 4. The van der Waals surface area contributed by atoms with E-state index < -0.39 is 23.5 Å². The Morgan fingerprint density at radius 3 is 1.72 bits per heavy atom. The fourth-order valence-electron chi connectivity index (χ4n) is 7.66. The lowest BCUT2D eigenvalue weighted by molar-refractivity contribution is -0.138. The standard InChI is InChI=1S/C26H24ClF3N6O3.C18H23N5O3.C8H3ClF3NS/c1-35-22-6-4-16(10-21(22)33-25(35)32-20-9-15(26(28,29)30)3-5-19(20)27)39-17-7-8-31-23(11-17)34-24(37)14-36-12-18(13-36)38-2;1-20-16-4-3-12(7-15(16)19)26-13-5-6-21-17(8-13)22-18(24)11-23-9-14(10-23)25-2;9-6-2-1-5(8(10,11)12)3-7(6)13-4-14/h3-11,18H,12-14H2,1-2H3,(H,32,33)(H,31,34,37);3-8,14,20H,9-11,19H2,1-2H3,(H,21,22,24);1-3H. The van der Waals surface area contributed by atoms with Crippen molar-refractivity contribution in [3.8, 4) is 23.0 Å². The second-order valence-electron chi connectivity index (χ2n) is 17.5. The van der Waals surface area contributed by atoms with Crippen LogP contribution in [0.5, 0.6) is 23.0 Å². The highest BCUT2D eigenvalue weighted by molar-refractivity contribution is 7.78. The maximum atomic E-state index is 13.2. The molecule has 5 heterocycles. The molecule has 0 saturated carbocycles. The van der Waals surface area contributed by atoms with Crippen molar-refractivity contribution in [2.24, 2.45) is 12.0 Å². The van der Waals surface area contributed by atoms with Crippen LogP contribution in [0.15, 0.2) is 114 Å². The average molecular weight is 1160 g/mol. The van der Waals surface area contributed by atoms with Crippen LogP contribution in [0.4, 0.5) is 66.7 Å². The summed E-state index contributed by atoms with van der Waals surface area (Å²) >= 11 is 16.0. The number of pyridine rings is 2. The fourth-order valence-corrected chi connectivity index (χ4v) is 8.08. The van der Waals surface area contributed by atoms with Gasteiger partial charge in [-0.05, 0) is 85.0 Å². The number of carbonyl (C=O) groups is 2. The summed E-state index contributed by atoms with van der Waals surface area (Å²) in [7, 11) is 6.86. The van der Waals surface area contributed by atoms with Crippen molar-refractivity contribution < 1.29 is 54.9 Å². The van der Waals surface area contributed by atoms with Gasteiger partial charge < -0.3 is 50.5 Å². The van der Waals surface area contributed by atoms with E-state index in [1.807, 2.05) is 27.1 Å². The van der Waals surface area contributed by atoms with E-state index in [4.69, 9.17) is 47.9 Å². The van der Waals surface area contributed by atoms with E-state index in [2.05, 4.69) is 53.4 Å². The number of hydrogen-bond acceptors (Lipinski definition) is 16. The largest absolute Gasteiger partial charge is 0.457 e. The molecule has 79 heavy (non-hydrogen) atoms. The summed E-state index contributed by atoms with van der Waals surface area (Å²) in [5, 5.41) is 13.6. The van der Waals surface area contributed by atoms with Crippen LogP contribution in [0.2, 0.25) is 10.0 Å². The minimum Gasteiger partial charge on any atom is -0.457 e. The number of thiocarbonyl (C=S) groups is 1. The minimum absolute atomic E-state index is 0.0310. The van der Waals surface area contributed by atoms with Crippen LogP contribution in [0.1, 0.15) is 11.1 Å². The molecule has 2 saturated heterocycles. The fraction of sp³-hybridized carbons (Fsp3) is 0.269. The summed E-state index contributed by atoms with van der Waals surface area (Å²) in [6.07, 6.45) is -5.42. The number of nitrogens with one attached hydrogen (secondary N) is 4. The first-order chi connectivity index (χ1) is 37.6. The number of methoxy groups -OCH3 is 2. The van der Waals surface area contributed by atoms with Crippen LogP contribution in [-0.2, 0) is 38.5 Å². The van der Waals surface area contributed by atoms with Gasteiger partial charge in [-0.25, -0.2) is 15.0 Å². The number of nitrogens with zero attached hydrogens (tertiary/aromatic N) is 7. The Labute approximate surface area is 463 Å². The van der Waals surface area contributed by atoms with Crippen LogP contribution in [-0.4, -0.2) is 119 Å². The molecule has 27 heteroatoms.